The minimum atomic E-state index is 0.0434. The largest absolute Gasteiger partial charge is 0.355 e. The molecule has 0 atom stereocenters. The monoisotopic (exact) mass is 238 g/mol. The molecule has 1 aromatic heterocycles. The van der Waals surface area contributed by atoms with Crippen LogP contribution in [-0.4, -0.2) is 29.1 Å². The van der Waals surface area contributed by atoms with Gasteiger partial charge < -0.3 is 4.90 Å². The van der Waals surface area contributed by atoms with E-state index in [0.717, 1.165) is 31.7 Å². The summed E-state index contributed by atoms with van der Waals surface area (Å²) in [4.78, 5) is 13.2. The lowest BCUT2D eigenvalue weighted by molar-refractivity contribution is -0.119. The van der Waals surface area contributed by atoms with Crippen molar-refractivity contribution in [3.05, 3.63) is 24.2 Å². The van der Waals surface area contributed by atoms with Crippen molar-refractivity contribution in [1.29, 1.82) is 0 Å². The Morgan fingerprint density at radius 2 is 2.06 bits per heavy atom. The Kier molecular flexibility index (Phi) is 3.39. The third kappa shape index (κ3) is 2.50. The van der Waals surface area contributed by atoms with E-state index in [1.807, 2.05) is 6.07 Å². The summed E-state index contributed by atoms with van der Waals surface area (Å²) in [7, 11) is 0. The Morgan fingerprint density at radius 1 is 1.38 bits per heavy atom. The predicted molar refractivity (Wildman–Crippen MR) is 62.3 cm³/mol. The molecule has 0 aromatic carbocycles. The van der Waals surface area contributed by atoms with Crippen LogP contribution in [0.25, 0.3) is 0 Å². The number of Topliss-reactive ketones (excluding diaryl/α,β-unsaturated/α-hetero) is 1. The van der Waals surface area contributed by atoms with Crippen molar-refractivity contribution in [3.63, 3.8) is 0 Å². The molecule has 2 rings (SSSR count). The number of halogens is 1. The number of hydrogen-bond acceptors (Lipinski definition) is 4. The van der Waals surface area contributed by atoms with E-state index < -0.39 is 0 Å². The molecule has 1 aliphatic heterocycles. The summed E-state index contributed by atoms with van der Waals surface area (Å²) in [6.07, 6.45) is 1.68. The van der Waals surface area contributed by atoms with Crippen molar-refractivity contribution in [2.45, 2.75) is 12.8 Å². The van der Waals surface area contributed by atoms with Crippen molar-refractivity contribution in [1.82, 2.24) is 10.2 Å². The summed E-state index contributed by atoms with van der Waals surface area (Å²) in [5.41, 5.74) is 0. The van der Waals surface area contributed by atoms with Crippen LogP contribution in [-0.2, 0) is 4.79 Å². The van der Waals surface area contributed by atoms with E-state index in [4.69, 9.17) is 11.6 Å². The molecule has 1 saturated heterocycles. The number of rotatable bonds is 2. The van der Waals surface area contributed by atoms with Crippen LogP contribution in [0.4, 0.5) is 5.82 Å². The first kappa shape index (κ1) is 11.3. The van der Waals surface area contributed by atoms with Crippen LogP contribution < -0.4 is 4.90 Å². The molecule has 1 aliphatic rings. The molecule has 0 unspecified atom stereocenters. The maximum absolute atomic E-state index is 11.1. The van der Waals surface area contributed by atoms with E-state index in [2.05, 4.69) is 22.0 Å². The zero-order valence-corrected chi connectivity index (χ0v) is 9.65. The Bertz CT molecular complexity index is 371. The maximum Gasteiger partial charge on any atom is 0.151 e. The standard InChI is InChI=1S/C11H13ClN3O/c1-8(16)9-4-6-15(7-5-9)11-3-2-10(12)13-14-11/h2-3,9H,1,4-7H2. The summed E-state index contributed by atoms with van der Waals surface area (Å²) >= 11 is 5.67. The van der Waals surface area contributed by atoms with Gasteiger partial charge in [-0.15, -0.1) is 10.2 Å². The smallest absolute Gasteiger partial charge is 0.151 e. The number of carbonyl (C=O) groups excluding carboxylic acids is 1. The average Bonchev–Trinajstić information content (AvgIpc) is 2.30. The predicted octanol–water partition coefficient (Wildman–Crippen LogP) is 1.75. The van der Waals surface area contributed by atoms with Crippen LogP contribution in [0.3, 0.4) is 0 Å². The highest BCUT2D eigenvalue weighted by Gasteiger charge is 2.23. The first-order chi connectivity index (χ1) is 7.66. The Labute approximate surface area is 99.6 Å². The van der Waals surface area contributed by atoms with Crippen LogP contribution >= 0.6 is 11.6 Å². The van der Waals surface area contributed by atoms with Crippen molar-refractivity contribution in [3.8, 4) is 0 Å². The normalized spacial score (nSPS) is 17.5. The molecule has 0 bridgehead atoms. The summed E-state index contributed by atoms with van der Waals surface area (Å²) in [6.45, 7) is 5.11. The molecule has 0 spiro atoms. The topological polar surface area (TPSA) is 46.1 Å². The first-order valence-electron chi connectivity index (χ1n) is 5.27. The van der Waals surface area contributed by atoms with Crippen LogP contribution in [0.2, 0.25) is 5.15 Å². The van der Waals surface area contributed by atoms with Gasteiger partial charge in [0.05, 0.1) is 0 Å². The SMILES string of the molecule is [CH2]C(=O)C1CCN(c2ccc(Cl)nn2)CC1. The fourth-order valence-corrected chi connectivity index (χ4v) is 2.01. The third-order valence-electron chi connectivity index (χ3n) is 2.89. The van der Waals surface area contributed by atoms with E-state index in [1.165, 1.54) is 0 Å². The number of piperidine rings is 1. The van der Waals surface area contributed by atoms with Gasteiger partial charge in [-0.25, -0.2) is 0 Å². The van der Waals surface area contributed by atoms with Gasteiger partial charge in [-0.1, -0.05) is 11.6 Å². The molecule has 0 aliphatic carbocycles. The Balaban J connectivity index is 1.99. The molecule has 1 radical (unpaired) electrons. The van der Waals surface area contributed by atoms with Crippen LogP contribution in [0.1, 0.15) is 12.8 Å². The van der Waals surface area contributed by atoms with Crippen molar-refractivity contribution < 1.29 is 4.79 Å². The number of anilines is 1. The van der Waals surface area contributed by atoms with Gasteiger partial charge in [0.15, 0.2) is 11.0 Å². The highest BCUT2D eigenvalue weighted by molar-refractivity contribution is 6.29. The van der Waals surface area contributed by atoms with E-state index in [1.54, 1.807) is 6.07 Å². The van der Waals surface area contributed by atoms with Gasteiger partial charge in [0.2, 0.25) is 0 Å². The molecular formula is C11H13ClN3O. The molecule has 4 nitrogen and oxygen atoms in total. The lowest BCUT2D eigenvalue weighted by Crippen LogP contribution is -2.36. The van der Waals surface area contributed by atoms with E-state index in [9.17, 15) is 4.79 Å². The number of aromatic nitrogens is 2. The molecule has 1 aromatic rings. The summed E-state index contributed by atoms with van der Waals surface area (Å²) < 4.78 is 0. The highest BCUT2D eigenvalue weighted by Crippen LogP contribution is 2.22. The fourth-order valence-electron chi connectivity index (χ4n) is 1.91. The molecule has 16 heavy (non-hydrogen) atoms. The molecule has 0 saturated carbocycles. The third-order valence-corrected chi connectivity index (χ3v) is 3.09. The van der Waals surface area contributed by atoms with Gasteiger partial charge >= 0.3 is 0 Å². The molecular weight excluding hydrogens is 226 g/mol. The minimum Gasteiger partial charge on any atom is -0.355 e. The fraction of sp³-hybridized carbons (Fsp3) is 0.455. The molecule has 0 amide bonds. The number of ketones is 1. The maximum atomic E-state index is 11.1. The molecule has 1 fully saturated rings. The van der Waals surface area contributed by atoms with Crippen LogP contribution in [0.5, 0.6) is 0 Å². The molecule has 85 valence electrons. The van der Waals surface area contributed by atoms with Gasteiger partial charge in [0.25, 0.3) is 0 Å². The molecule has 2 heterocycles. The second-order valence-corrected chi connectivity index (χ2v) is 4.33. The number of carbonyl (C=O) groups is 1. The van der Waals surface area contributed by atoms with Crippen LogP contribution in [0.15, 0.2) is 12.1 Å². The Morgan fingerprint density at radius 3 is 2.56 bits per heavy atom. The van der Waals surface area contributed by atoms with Gasteiger partial charge in [0.1, 0.15) is 5.78 Å². The number of nitrogens with zero attached hydrogens (tertiary/aromatic N) is 3. The summed E-state index contributed by atoms with van der Waals surface area (Å²) in [5, 5.41) is 8.21. The number of hydrogen-bond donors (Lipinski definition) is 0. The average molecular weight is 239 g/mol. The summed E-state index contributed by atoms with van der Waals surface area (Å²) in [6, 6.07) is 3.57. The van der Waals surface area contributed by atoms with Gasteiger partial charge in [0, 0.05) is 25.9 Å². The van der Waals surface area contributed by atoms with Gasteiger partial charge in [-0.05, 0) is 25.0 Å². The van der Waals surface area contributed by atoms with Crippen molar-refractivity contribution in [2.75, 3.05) is 18.0 Å². The molecule has 0 N–H and O–H groups in total. The lowest BCUT2D eigenvalue weighted by Gasteiger charge is -2.31. The van der Waals surface area contributed by atoms with Gasteiger partial charge in [-0.2, -0.15) is 0 Å². The van der Waals surface area contributed by atoms with Gasteiger partial charge in [-0.3, -0.25) is 4.79 Å². The zero-order chi connectivity index (χ0) is 11.5. The van der Waals surface area contributed by atoms with Crippen molar-refractivity contribution in [2.24, 2.45) is 5.92 Å². The highest BCUT2D eigenvalue weighted by atomic mass is 35.5. The van der Waals surface area contributed by atoms with E-state index in [0.29, 0.717) is 5.15 Å². The first-order valence-corrected chi connectivity index (χ1v) is 5.64. The second kappa shape index (κ2) is 4.78. The van der Waals surface area contributed by atoms with Crippen LogP contribution in [0, 0.1) is 12.8 Å². The molecule has 5 heteroatoms. The summed E-state index contributed by atoms with van der Waals surface area (Å²) in [5.74, 6) is 0.970. The lowest BCUT2D eigenvalue weighted by atomic mass is 9.93. The Hall–Kier alpha value is -1.16. The van der Waals surface area contributed by atoms with Crippen molar-refractivity contribution >= 4 is 23.2 Å². The second-order valence-electron chi connectivity index (χ2n) is 3.94. The minimum absolute atomic E-state index is 0.0434. The van der Waals surface area contributed by atoms with E-state index >= 15 is 0 Å². The van der Waals surface area contributed by atoms with E-state index in [-0.39, 0.29) is 11.7 Å². The quantitative estimate of drug-likeness (QED) is 0.788. The zero-order valence-electron chi connectivity index (χ0n) is 8.90.